The van der Waals surface area contributed by atoms with E-state index in [1.807, 2.05) is 58.0 Å². The highest BCUT2D eigenvalue weighted by Crippen LogP contribution is 2.07. The Morgan fingerprint density at radius 2 is 1.71 bits per heavy atom. The molecule has 156 valence electrons. The minimum atomic E-state index is -0.814. The van der Waals surface area contributed by atoms with Crippen LogP contribution in [-0.2, 0) is 25.5 Å². The maximum absolute atomic E-state index is 12.4. The Hall–Kier alpha value is -2.37. The summed E-state index contributed by atoms with van der Waals surface area (Å²) < 4.78 is 5.26. The minimum Gasteiger partial charge on any atom is -0.464 e. The van der Waals surface area contributed by atoms with Crippen LogP contribution in [-0.4, -0.2) is 36.0 Å². The molecule has 0 aliphatic heterocycles. The van der Waals surface area contributed by atoms with E-state index in [-0.39, 0.29) is 36.6 Å². The first-order valence-corrected chi connectivity index (χ1v) is 10.0. The molecule has 0 aliphatic carbocycles. The molecule has 0 saturated carbocycles. The second-order valence-electron chi connectivity index (χ2n) is 7.96. The zero-order valence-corrected chi connectivity index (χ0v) is 17.5. The van der Waals surface area contributed by atoms with Crippen LogP contribution in [0.4, 0.5) is 0 Å². The summed E-state index contributed by atoms with van der Waals surface area (Å²) in [6, 6.07) is 8.88. The number of benzene rings is 1. The SMILES string of the molecule is CCCCOC(=O)[C@H](CCC(=O)NC(C)(C)C)NC(=O)CCc1ccccc1. The minimum absolute atomic E-state index is 0.143. The molecule has 0 unspecified atom stereocenters. The average molecular weight is 391 g/mol. The van der Waals surface area contributed by atoms with E-state index in [1.54, 1.807) is 0 Å². The van der Waals surface area contributed by atoms with Crippen LogP contribution < -0.4 is 10.6 Å². The topological polar surface area (TPSA) is 84.5 Å². The van der Waals surface area contributed by atoms with Gasteiger partial charge in [0.05, 0.1) is 6.61 Å². The summed E-state index contributed by atoms with van der Waals surface area (Å²) in [7, 11) is 0. The number of hydrogen-bond acceptors (Lipinski definition) is 4. The molecule has 0 saturated heterocycles. The number of carbonyl (C=O) groups is 3. The Labute approximate surface area is 168 Å². The van der Waals surface area contributed by atoms with Crippen LogP contribution in [0.3, 0.4) is 0 Å². The van der Waals surface area contributed by atoms with Crippen molar-refractivity contribution in [3.05, 3.63) is 35.9 Å². The fraction of sp³-hybridized carbons (Fsp3) is 0.591. The summed E-state index contributed by atoms with van der Waals surface area (Å²) in [5.41, 5.74) is 0.719. The Kier molecular flexibility index (Phi) is 10.3. The molecule has 1 aromatic rings. The van der Waals surface area contributed by atoms with Gasteiger partial charge in [0.2, 0.25) is 11.8 Å². The van der Waals surface area contributed by atoms with Gasteiger partial charge in [0.1, 0.15) is 6.04 Å². The zero-order chi connectivity index (χ0) is 21.0. The van der Waals surface area contributed by atoms with Gasteiger partial charge in [-0.15, -0.1) is 0 Å². The lowest BCUT2D eigenvalue weighted by molar-refractivity contribution is -0.148. The van der Waals surface area contributed by atoms with Gasteiger partial charge < -0.3 is 15.4 Å². The smallest absolute Gasteiger partial charge is 0.328 e. The molecule has 28 heavy (non-hydrogen) atoms. The molecule has 0 fully saturated rings. The van der Waals surface area contributed by atoms with Crippen LogP contribution >= 0.6 is 0 Å². The molecule has 0 heterocycles. The van der Waals surface area contributed by atoms with Crippen molar-refractivity contribution in [2.75, 3.05) is 6.61 Å². The van der Waals surface area contributed by atoms with E-state index in [0.717, 1.165) is 18.4 Å². The molecule has 2 N–H and O–H groups in total. The summed E-state index contributed by atoms with van der Waals surface area (Å²) in [4.78, 5) is 36.7. The fourth-order valence-electron chi connectivity index (χ4n) is 2.59. The Balaban J connectivity index is 2.59. The molecule has 0 spiro atoms. The highest BCUT2D eigenvalue weighted by Gasteiger charge is 2.24. The third-order valence-corrected chi connectivity index (χ3v) is 4.02. The fourth-order valence-corrected chi connectivity index (χ4v) is 2.59. The van der Waals surface area contributed by atoms with Crippen molar-refractivity contribution < 1.29 is 19.1 Å². The van der Waals surface area contributed by atoms with Gasteiger partial charge in [-0.25, -0.2) is 4.79 Å². The van der Waals surface area contributed by atoms with Crippen LogP contribution in [0.15, 0.2) is 30.3 Å². The molecular weight excluding hydrogens is 356 g/mol. The summed E-state index contributed by atoms with van der Waals surface area (Å²) in [6.07, 6.45) is 2.90. The Bertz CT molecular complexity index is 623. The zero-order valence-electron chi connectivity index (χ0n) is 17.5. The number of esters is 1. The van der Waals surface area contributed by atoms with E-state index >= 15 is 0 Å². The normalized spacial score (nSPS) is 12.1. The van der Waals surface area contributed by atoms with Crippen molar-refractivity contribution in [1.29, 1.82) is 0 Å². The Morgan fingerprint density at radius 3 is 2.32 bits per heavy atom. The molecule has 6 nitrogen and oxygen atoms in total. The van der Waals surface area contributed by atoms with Gasteiger partial charge in [0.25, 0.3) is 0 Å². The van der Waals surface area contributed by atoms with E-state index in [4.69, 9.17) is 4.74 Å². The number of aryl methyl sites for hydroxylation is 1. The lowest BCUT2D eigenvalue weighted by Gasteiger charge is -2.22. The van der Waals surface area contributed by atoms with Gasteiger partial charge in [-0.1, -0.05) is 43.7 Å². The van der Waals surface area contributed by atoms with Crippen LogP contribution in [0, 0.1) is 0 Å². The molecule has 2 amide bonds. The van der Waals surface area contributed by atoms with Crippen LogP contribution in [0.2, 0.25) is 0 Å². The summed E-state index contributed by atoms with van der Waals surface area (Å²) in [6.45, 7) is 8.01. The molecule has 6 heteroatoms. The van der Waals surface area contributed by atoms with E-state index in [1.165, 1.54) is 0 Å². The van der Waals surface area contributed by atoms with E-state index in [9.17, 15) is 14.4 Å². The maximum atomic E-state index is 12.4. The van der Waals surface area contributed by atoms with Crippen LogP contribution in [0.5, 0.6) is 0 Å². The van der Waals surface area contributed by atoms with E-state index in [0.29, 0.717) is 13.0 Å². The van der Waals surface area contributed by atoms with Gasteiger partial charge in [-0.05, 0) is 45.6 Å². The number of amides is 2. The molecule has 1 atom stereocenters. The third kappa shape index (κ3) is 10.7. The number of nitrogens with one attached hydrogen (secondary N) is 2. The predicted octanol–water partition coefficient (Wildman–Crippen LogP) is 3.14. The van der Waals surface area contributed by atoms with Gasteiger partial charge in [-0.2, -0.15) is 0 Å². The first-order chi connectivity index (χ1) is 13.2. The average Bonchev–Trinajstić information content (AvgIpc) is 2.63. The monoisotopic (exact) mass is 390 g/mol. The van der Waals surface area contributed by atoms with Crippen molar-refractivity contribution in [1.82, 2.24) is 10.6 Å². The highest BCUT2D eigenvalue weighted by molar-refractivity contribution is 5.85. The molecular formula is C22H34N2O4. The van der Waals surface area contributed by atoms with Crippen molar-refractivity contribution in [2.24, 2.45) is 0 Å². The van der Waals surface area contributed by atoms with Crippen LogP contribution in [0.1, 0.15) is 65.4 Å². The molecule has 1 aromatic carbocycles. The van der Waals surface area contributed by atoms with Gasteiger partial charge >= 0.3 is 5.97 Å². The number of carbonyl (C=O) groups excluding carboxylic acids is 3. The van der Waals surface area contributed by atoms with Gasteiger partial charge in [-0.3, -0.25) is 9.59 Å². The maximum Gasteiger partial charge on any atom is 0.328 e. The van der Waals surface area contributed by atoms with Gasteiger partial charge in [0.15, 0.2) is 0 Å². The summed E-state index contributed by atoms with van der Waals surface area (Å²) in [5.74, 6) is -0.861. The lowest BCUT2D eigenvalue weighted by Crippen LogP contribution is -2.44. The van der Waals surface area contributed by atoms with Crippen LogP contribution in [0.25, 0.3) is 0 Å². The standard InChI is InChI=1S/C22H34N2O4/c1-5-6-16-28-21(27)18(13-15-20(26)24-22(2,3)4)23-19(25)14-12-17-10-8-7-9-11-17/h7-11,18H,5-6,12-16H2,1-4H3,(H,23,25)(H,24,26)/t18-/m0/s1. The lowest BCUT2D eigenvalue weighted by atomic mass is 10.1. The molecule has 1 rings (SSSR count). The molecule has 0 aromatic heterocycles. The van der Waals surface area contributed by atoms with Crippen molar-refractivity contribution in [3.8, 4) is 0 Å². The van der Waals surface area contributed by atoms with E-state index in [2.05, 4.69) is 10.6 Å². The number of unbranched alkanes of at least 4 members (excludes halogenated alkanes) is 1. The van der Waals surface area contributed by atoms with Crippen molar-refractivity contribution in [2.45, 2.75) is 77.8 Å². The third-order valence-electron chi connectivity index (χ3n) is 4.02. The van der Waals surface area contributed by atoms with Crippen molar-refractivity contribution in [3.63, 3.8) is 0 Å². The van der Waals surface area contributed by atoms with Crippen molar-refractivity contribution >= 4 is 17.8 Å². The predicted molar refractivity (Wildman–Crippen MR) is 110 cm³/mol. The number of rotatable bonds is 11. The highest BCUT2D eigenvalue weighted by atomic mass is 16.5. The summed E-state index contributed by atoms with van der Waals surface area (Å²) >= 11 is 0. The first kappa shape index (κ1) is 23.7. The largest absolute Gasteiger partial charge is 0.464 e. The number of hydrogen-bond donors (Lipinski definition) is 2. The van der Waals surface area contributed by atoms with Gasteiger partial charge in [0, 0.05) is 18.4 Å². The first-order valence-electron chi connectivity index (χ1n) is 10.0. The quantitative estimate of drug-likeness (QED) is 0.449. The molecule has 0 radical (unpaired) electrons. The second kappa shape index (κ2) is 12.2. The molecule has 0 aliphatic rings. The molecule has 0 bridgehead atoms. The summed E-state index contributed by atoms with van der Waals surface area (Å²) in [5, 5.41) is 5.60. The Morgan fingerprint density at radius 1 is 1.04 bits per heavy atom. The second-order valence-corrected chi connectivity index (χ2v) is 7.96. The number of ether oxygens (including phenoxy) is 1. The van der Waals surface area contributed by atoms with E-state index < -0.39 is 12.0 Å².